The first-order valence-electron chi connectivity index (χ1n) is 39.6. The van der Waals surface area contributed by atoms with Gasteiger partial charge in [-0.25, -0.2) is 0 Å². The molecule has 0 aromatic rings. The molecule has 0 spiro atoms. The van der Waals surface area contributed by atoms with Crippen molar-refractivity contribution in [3.05, 3.63) is 72.9 Å². The Labute approximate surface area is 584 Å². The Morgan fingerprint density at radius 2 is 0.699 bits per heavy atom. The molecule has 0 aromatic carbocycles. The summed E-state index contributed by atoms with van der Waals surface area (Å²) >= 11 is 0. The molecule has 0 saturated carbocycles. The maximum absolute atomic E-state index is 12.9. The molecule has 0 amide bonds. The maximum atomic E-state index is 12.9. The quantitative estimate of drug-likeness (QED) is 0.0201. The van der Waals surface area contributed by atoms with Crippen molar-refractivity contribution < 1.29 is 30.0 Å². The van der Waals surface area contributed by atoms with Gasteiger partial charge >= 0.3 is 5.97 Å². The Kier molecular flexibility index (Phi) is 68.7. The van der Waals surface area contributed by atoms with Crippen molar-refractivity contribution in [2.75, 3.05) is 96.6 Å². The van der Waals surface area contributed by atoms with Crippen molar-refractivity contribution in [3.8, 4) is 0 Å². The molecule has 0 aliphatic carbocycles. The Hall–Kier alpha value is -1.71. The molecule has 1 heterocycles. The van der Waals surface area contributed by atoms with Gasteiger partial charge in [-0.15, -0.1) is 0 Å². The summed E-state index contributed by atoms with van der Waals surface area (Å²) in [5, 5.41) is 44.6. The van der Waals surface area contributed by atoms with Gasteiger partial charge in [0.1, 0.15) is 6.61 Å². The van der Waals surface area contributed by atoms with Crippen LogP contribution in [0.2, 0.25) is 0 Å². The number of hydrogen-bond acceptors (Lipinski definition) is 12. The van der Waals surface area contributed by atoms with E-state index < -0.39 is 0 Å². The molecule has 1 rings (SSSR count). The summed E-state index contributed by atoms with van der Waals surface area (Å²) in [6.07, 6.45) is 76.8. The molecule has 12 heteroatoms. The van der Waals surface area contributed by atoms with Crippen LogP contribution in [0.5, 0.6) is 0 Å². The van der Waals surface area contributed by atoms with E-state index in [2.05, 4.69) is 120 Å². The fourth-order valence-corrected chi connectivity index (χ4v) is 14.6. The fourth-order valence-electron chi connectivity index (χ4n) is 12.4. The zero-order chi connectivity index (χ0) is 67.2. The zero-order valence-electron chi connectivity index (χ0n) is 61.4. The average Bonchev–Trinajstić information content (AvgIpc) is 3.76. The highest BCUT2D eigenvalue weighted by molar-refractivity contribution is 8.76. The lowest BCUT2D eigenvalue weighted by molar-refractivity contribution is -0.144. The molecule has 0 bridgehead atoms. The van der Waals surface area contributed by atoms with Gasteiger partial charge in [-0.1, -0.05) is 289 Å². The summed E-state index contributed by atoms with van der Waals surface area (Å²) in [7, 11) is 3.97. The lowest BCUT2D eigenvalue weighted by atomic mass is 10.0. The third kappa shape index (κ3) is 64.7. The van der Waals surface area contributed by atoms with Gasteiger partial charge in [0.2, 0.25) is 0 Å². The number of aliphatic hydroxyl groups excluding tert-OH is 4. The number of hydrogen-bond donors (Lipinski definition) is 4. The van der Waals surface area contributed by atoms with E-state index in [1.807, 2.05) is 21.6 Å². The van der Waals surface area contributed by atoms with E-state index in [1.54, 1.807) is 0 Å². The molecule has 0 aromatic heterocycles. The molecule has 1 aliphatic heterocycles. The molecule has 4 atom stereocenters. The molecule has 10 nitrogen and oxygen atoms in total. The van der Waals surface area contributed by atoms with Crippen LogP contribution in [0.15, 0.2) is 72.9 Å². The number of piperazine rings is 1. The van der Waals surface area contributed by atoms with Crippen LogP contribution in [0.1, 0.15) is 317 Å². The van der Waals surface area contributed by atoms with E-state index in [0.29, 0.717) is 39.2 Å². The number of nitrogens with zero attached hydrogens (tertiary/aromatic N) is 4. The molecule has 93 heavy (non-hydrogen) atoms. The van der Waals surface area contributed by atoms with Crippen LogP contribution in [0.25, 0.3) is 0 Å². The minimum atomic E-state index is -0.381. The molecule has 1 fully saturated rings. The Bertz CT molecular complexity index is 1650. The normalized spacial score (nSPS) is 15.2. The summed E-state index contributed by atoms with van der Waals surface area (Å²) in [5.74, 6) is 2.12. The van der Waals surface area contributed by atoms with Gasteiger partial charge in [-0.05, 0) is 129 Å². The first kappa shape index (κ1) is 89.3. The van der Waals surface area contributed by atoms with Gasteiger partial charge in [0.05, 0.1) is 24.4 Å². The van der Waals surface area contributed by atoms with Crippen LogP contribution < -0.4 is 0 Å². The third-order valence-corrected chi connectivity index (χ3v) is 20.8. The van der Waals surface area contributed by atoms with E-state index in [9.17, 15) is 25.2 Å². The SMILES string of the molecule is CC/C=C\C/C=C\C/C=C\CCCCCCC(O)CN(CCCCSSCCN1CCN(CCOC(=O)CCCCN(CC(O)CCCCCCCCCCCC)CC(O)CCCCCCCCCCCC)CC1)CC(O)CCCCCC/C=C\C/C=C\C/C=C\CC. The topological polar surface area (TPSA) is 120 Å². The number of aliphatic hydroxyl groups is 4. The molecule has 1 saturated heterocycles. The van der Waals surface area contributed by atoms with E-state index in [4.69, 9.17) is 4.74 Å². The first-order valence-corrected chi connectivity index (χ1v) is 42.1. The van der Waals surface area contributed by atoms with Gasteiger partial charge in [0.25, 0.3) is 0 Å². The van der Waals surface area contributed by atoms with Gasteiger partial charge in [0.15, 0.2) is 0 Å². The number of carbonyl (C=O) groups excluding carboxylic acids is 1. The number of rotatable bonds is 71. The number of esters is 1. The summed E-state index contributed by atoms with van der Waals surface area (Å²) in [5.41, 5.74) is 0. The Morgan fingerprint density at radius 3 is 1.09 bits per heavy atom. The van der Waals surface area contributed by atoms with E-state index in [1.165, 1.54) is 141 Å². The Morgan fingerprint density at radius 1 is 0.376 bits per heavy atom. The van der Waals surface area contributed by atoms with Gasteiger partial charge in [-0.2, -0.15) is 0 Å². The fraction of sp³-hybridized carbons (Fsp3) is 0.840. The van der Waals surface area contributed by atoms with Crippen LogP contribution in [0, 0.1) is 0 Å². The summed E-state index contributed by atoms with van der Waals surface area (Å²) in [6.45, 7) is 19.5. The van der Waals surface area contributed by atoms with E-state index in [-0.39, 0.29) is 30.4 Å². The molecular formula is C81H152N4O6S2. The van der Waals surface area contributed by atoms with Crippen LogP contribution in [-0.2, 0) is 9.53 Å². The van der Waals surface area contributed by atoms with Crippen molar-refractivity contribution in [3.63, 3.8) is 0 Å². The third-order valence-electron chi connectivity index (χ3n) is 18.3. The molecule has 4 N–H and O–H groups in total. The monoisotopic (exact) mass is 1340 g/mol. The largest absolute Gasteiger partial charge is 0.464 e. The lowest BCUT2D eigenvalue weighted by Gasteiger charge is -2.34. The van der Waals surface area contributed by atoms with Gasteiger partial charge in [-0.3, -0.25) is 24.4 Å². The van der Waals surface area contributed by atoms with E-state index in [0.717, 1.165) is 205 Å². The van der Waals surface area contributed by atoms with Crippen LogP contribution in [0.3, 0.4) is 0 Å². The predicted octanol–water partition coefficient (Wildman–Crippen LogP) is 20.5. The lowest BCUT2D eigenvalue weighted by Crippen LogP contribution is -2.47. The van der Waals surface area contributed by atoms with Gasteiger partial charge < -0.3 is 25.2 Å². The highest BCUT2D eigenvalue weighted by Crippen LogP contribution is 2.24. The average molecular weight is 1340 g/mol. The second kappa shape index (κ2) is 71.6. The van der Waals surface area contributed by atoms with Crippen LogP contribution >= 0.6 is 21.6 Å². The zero-order valence-corrected chi connectivity index (χ0v) is 63.0. The molecule has 4 unspecified atom stereocenters. The number of carbonyl (C=O) groups is 1. The van der Waals surface area contributed by atoms with Crippen molar-refractivity contribution in [1.29, 1.82) is 0 Å². The summed E-state index contributed by atoms with van der Waals surface area (Å²) < 4.78 is 5.74. The summed E-state index contributed by atoms with van der Waals surface area (Å²) in [4.78, 5) is 22.5. The van der Waals surface area contributed by atoms with Crippen LogP contribution in [0.4, 0.5) is 0 Å². The standard InChI is InChI=1S/C81H152N4O6S2/c1-5-9-13-17-21-25-29-31-33-35-39-43-47-51-59-79(88)75-85(76-80(89)60-52-48-44-40-36-34-32-30-26-22-18-14-10-6-2)63-55-56-71-92-93-72-69-83-66-64-82(65-67-83)68-70-91-81(90)61-53-54-62-84(73-77(86)57-49-45-41-37-27-23-19-15-11-7-3)74-78(87)58-50-46-42-38-28-24-20-16-12-8-4/h9-10,13-14,21-22,25-26,31-34,77-80,86-89H,5-8,11-12,15-20,23-24,27-30,35-76H2,1-4H3/b13-9-,14-10-,25-21-,26-22-,33-31-,34-32-. The highest BCUT2D eigenvalue weighted by atomic mass is 33.1. The van der Waals surface area contributed by atoms with Gasteiger partial charge in [0, 0.05) is 83.4 Å². The van der Waals surface area contributed by atoms with Crippen molar-refractivity contribution in [2.24, 2.45) is 0 Å². The van der Waals surface area contributed by atoms with Crippen molar-refractivity contribution in [2.45, 2.75) is 341 Å². The highest BCUT2D eigenvalue weighted by Gasteiger charge is 2.20. The van der Waals surface area contributed by atoms with Crippen molar-refractivity contribution >= 4 is 27.6 Å². The minimum Gasteiger partial charge on any atom is -0.464 e. The second-order valence-electron chi connectivity index (χ2n) is 27.4. The minimum absolute atomic E-state index is 0.116. The predicted molar refractivity (Wildman–Crippen MR) is 411 cm³/mol. The second-order valence-corrected chi connectivity index (χ2v) is 30.1. The molecule has 0 radical (unpaired) electrons. The van der Waals surface area contributed by atoms with Crippen LogP contribution in [-0.4, -0.2) is 167 Å². The molecular weight excluding hydrogens is 1190 g/mol. The number of unbranched alkanes of at least 4 members (excludes halogenated alkanes) is 28. The van der Waals surface area contributed by atoms with E-state index >= 15 is 0 Å². The smallest absolute Gasteiger partial charge is 0.305 e. The molecule has 544 valence electrons. The number of allylic oxidation sites excluding steroid dienone is 12. The molecule has 1 aliphatic rings. The van der Waals surface area contributed by atoms with Crippen molar-refractivity contribution in [1.82, 2.24) is 19.6 Å². The maximum Gasteiger partial charge on any atom is 0.305 e. The first-order chi connectivity index (χ1) is 45.7. The Balaban J connectivity index is 2.41. The summed E-state index contributed by atoms with van der Waals surface area (Å²) in [6, 6.07) is 0. The number of ether oxygens (including phenoxy) is 1.